The molecule has 9 nitrogen and oxygen atoms in total. The van der Waals surface area contributed by atoms with Gasteiger partial charge in [-0.2, -0.15) is 5.26 Å². The highest BCUT2D eigenvalue weighted by Gasteiger charge is 2.46. The molecular formula is C20H17Cl2N7O2. The number of carbonyl (C=O) groups excluding carboxylic acids is 2. The maximum atomic E-state index is 12.7. The molecule has 0 aliphatic carbocycles. The van der Waals surface area contributed by atoms with Gasteiger partial charge in [-0.3, -0.25) is 19.8 Å². The first-order chi connectivity index (χ1) is 14.8. The van der Waals surface area contributed by atoms with E-state index in [4.69, 9.17) is 28.5 Å². The molecule has 0 saturated carbocycles. The van der Waals surface area contributed by atoms with Gasteiger partial charge in [-0.15, -0.1) is 0 Å². The molecule has 0 bridgehead atoms. The highest BCUT2D eigenvalue weighted by molar-refractivity contribution is 6.34. The molecule has 2 amide bonds. The molecule has 0 radical (unpaired) electrons. The van der Waals surface area contributed by atoms with Crippen LogP contribution in [0.15, 0.2) is 59.2 Å². The van der Waals surface area contributed by atoms with E-state index in [2.05, 4.69) is 25.9 Å². The Labute approximate surface area is 188 Å². The molecular weight excluding hydrogens is 441 g/mol. The summed E-state index contributed by atoms with van der Waals surface area (Å²) in [5, 5.41) is 17.4. The first-order valence-corrected chi connectivity index (χ1v) is 9.69. The fourth-order valence-electron chi connectivity index (χ4n) is 3.11. The Bertz CT molecular complexity index is 1140. The second-order valence-corrected chi connectivity index (χ2v) is 7.53. The summed E-state index contributed by atoms with van der Waals surface area (Å²) in [6, 6.07) is 8.37. The summed E-state index contributed by atoms with van der Waals surface area (Å²) in [7, 11) is 0. The van der Waals surface area contributed by atoms with E-state index in [1.165, 1.54) is 23.4 Å². The van der Waals surface area contributed by atoms with Crippen LogP contribution in [-0.4, -0.2) is 27.2 Å². The molecule has 3 rings (SSSR count). The lowest BCUT2D eigenvalue weighted by molar-refractivity contribution is -0.120. The Morgan fingerprint density at radius 1 is 1.32 bits per heavy atom. The third-order valence-corrected chi connectivity index (χ3v) is 5.06. The first kappa shape index (κ1) is 22.1. The van der Waals surface area contributed by atoms with Crippen LogP contribution in [0.3, 0.4) is 0 Å². The van der Waals surface area contributed by atoms with Gasteiger partial charge in [0, 0.05) is 16.8 Å². The number of hydrogen-bond acceptors (Lipinski definition) is 7. The SMILES string of the molecule is C/C(=C\C(Cl)=C1\C(=O)NC(C)(c2cccc(Cl)c2)N1C=O)Nc1cc(NC#N)ncn1. The number of hydrogen-bond donors (Lipinski definition) is 3. The number of carbonyl (C=O) groups is 2. The van der Waals surface area contributed by atoms with Crippen LogP contribution in [0.2, 0.25) is 5.02 Å². The van der Waals surface area contributed by atoms with Gasteiger partial charge in [0.25, 0.3) is 5.91 Å². The second-order valence-electron chi connectivity index (χ2n) is 6.69. The Hall–Kier alpha value is -3.61. The number of nitrogens with one attached hydrogen (secondary N) is 3. The molecule has 1 aliphatic rings. The van der Waals surface area contributed by atoms with Gasteiger partial charge >= 0.3 is 0 Å². The second kappa shape index (κ2) is 9.04. The number of nitriles is 1. The van der Waals surface area contributed by atoms with Gasteiger partial charge in [-0.1, -0.05) is 35.3 Å². The number of aromatic nitrogens is 2. The topological polar surface area (TPSA) is 123 Å². The normalized spacial score (nSPS) is 20.0. The molecule has 1 saturated heterocycles. The lowest BCUT2D eigenvalue weighted by Gasteiger charge is -2.32. The van der Waals surface area contributed by atoms with E-state index in [9.17, 15) is 9.59 Å². The van der Waals surface area contributed by atoms with Gasteiger partial charge in [-0.25, -0.2) is 9.97 Å². The minimum absolute atomic E-state index is 0.00480. The quantitative estimate of drug-likeness (QED) is 0.263. The highest BCUT2D eigenvalue weighted by Crippen LogP contribution is 2.36. The smallest absolute Gasteiger partial charge is 0.271 e. The van der Waals surface area contributed by atoms with Gasteiger partial charge in [0.15, 0.2) is 6.19 Å². The Balaban J connectivity index is 1.93. The third-order valence-electron chi connectivity index (χ3n) is 4.53. The number of allylic oxidation sites excluding steroid dienone is 3. The number of nitrogens with zero attached hydrogens (tertiary/aromatic N) is 4. The van der Waals surface area contributed by atoms with E-state index in [-0.39, 0.29) is 10.7 Å². The van der Waals surface area contributed by atoms with Crippen molar-refractivity contribution < 1.29 is 9.59 Å². The monoisotopic (exact) mass is 457 g/mol. The molecule has 2 heterocycles. The van der Waals surface area contributed by atoms with Crippen molar-refractivity contribution >= 4 is 47.2 Å². The number of benzene rings is 1. The molecule has 1 unspecified atom stereocenters. The van der Waals surface area contributed by atoms with Crippen LogP contribution >= 0.6 is 23.2 Å². The lowest BCUT2D eigenvalue weighted by Crippen LogP contribution is -2.45. The van der Waals surface area contributed by atoms with Gasteiger partial charge in [0.05, 0.1) is 5.03 Å². The van der Waals surface area contributed by atoms with Crippen LogP contribution in [0.4, 0.5) is 11.6 Å². The molecule has 0 spiro atoms. The molecule has 1 atom stereocenters. The Morgan fingerprint density at radius 2 is 2.06 bits per heavy atom. The third kappa shape index (κ3) is 4.60. The maximum Gasteiger partial charge on any atom is 0.271 e. The zero-order chi connectivity index (χ0) is 22.6. The molecule has 1 aromatic carbocycles. The van der Waals surface area contributed by atoms with Crippen LogP contribution in [0, 0.1) is 11.5 Å². The molecule has 31 heavy (non-hydrogen) atoms. The summed E-state index contributed by atoms with van der Waals surface area (Å²) in [6.45, 7) is 3.39. The van der Waals surface area contributed by atoms with E-state index in [1.807, 2.05) is 0 Å². The fourth-order valence-corrected chi connectivity index (χ4v) is 3.64. The van der Waals surface area contributed by atoms with E-state index in [1.54, 1.807) is 44.3 Å². The minimum atomic E-state index is -1.15. The lowest BCUT2D eigenvalue weighted by atomic mass is 10.0. The number of anilines is 2. The maximum absolute atomic E-state index is 12.7. The summed E-state index contributed by atoms with van der Waals surface area (Å²) in [5.74, 6) is 0.214. The summed E-state index contributed by atoms with van der Waals surface area (Å²) in [5.41, 5.74) is 0.00000372. The van der Waals surface area contributed by atoms with Crippen LogP contribution in [0.1, 0.15) is 19.4 Å². The number of halogens is 2. The largest absolute Gasteiger partial charge is 0.344 e. The van der Waals surface area contributed by atoms with Gasteiger partial charge in [0.2, 0.25) is 6.41 Å². The zero-order valence-electron chi connectivity index (χ0n) is 16.5. The molecule has 158 valence electrons. The van der Waals surface area contributed by atoms with Crippen molar-refractivity contribution in [2.75, 3.05) is 10.6 Å². The van der Waals surface area contributed by atoms with Crippen molar-refractivity contribution in [1.29, 1.82) is 5.26 Å². The summed E-state index contributed by atoms with van der Waals surface area (Å²) >= 11 is 12.5. The van der Waals surface area contributed by atoms with Gasteiger partial charge < -0.3 is 10.6 Å². The number of rotatable bonds is 6. The van der Waals surface area contributed by atoms with Crippen molar-refractivity contribution in [1.82, 2.24) is 20.2 Å². The Morgan fingerprint density at radius 3 is 2.74 bits per heavy atom. The van der Waals surface area contributed by atoms with Crippen molar-refractivity contribution in [3.8, 4) is 6.19 Å². The molecule has 2 aromatic rings. The Kier molecular flexibility index (Phi) is 6.44. The molecule has 3 N–H and O–H groups in total. The summed E-state index contributed by atoms with van der Waals surface area (Å²) in [4.78, 5) is 33.8. The van der Waals surface area contributed by atoms with E-state index < -0.39 is 11.6 Å². The van der Waals surface area contributed by atoms with Crippen molar-refractivity contribution in [2.24, 2.45) is 0 Å². The van der Waals surface area contributed by atoms with Crippen LogP contribution in [0.25, 0.3) is 0 Å². The van der Waals surface area contributed by atoms with E-state index in [0.29, 0.717) is 34.3 Å². The summed E-state index contributed by atoms with van der Waals surface area (Å²) < 4.78 is 0. The van der Waals surface area contributed by atoms with Crippen molar-refractivity contribution in [3.63, 3.8) is 0 Å². The number of amides is 2. The standard InChI is InChI=1S/C20H17Cl2N7O2/c1-12(27-17-8-16(24-9-23)25-10-26-17)6-15(22)18-19(31)28-20(2,29(18)11-30)13-4-3-5-14(21)7-13/h3-8,10-11H,1-2H3,(H,28,31)(H2,24,25,26,27)/b12-6+,18-15+. The zero-order valence-corrected chi connectivity index (χ0v) is 18.0. The first-order valence-electron chi connectivity index (χ1n) is 8.94. The predicted octanol–water partition coefficient (Wildman–Crippen LogP) is 3.25. The minimum Gasteiger partial charge on any atom is -0.344 e. The fraction of sp³-hybridized carbons (Fsp3) is 0.150. The molecule has 1 aromatic heterocycles. The molecule has 11 heteroatoms. The van der Waals surface area contributed by atoms with Crippen molar-refractivity contribution in [3.05, 3.63) is 69.7 Å². The van der Waals surface area contributed by atoms with Crippen LogP contribution < -0.4 is 16.0 Å². The van der Waals surface area contributed by atoms with Crippen LogP contribution in [-0.2, 0) is 15.3 Å². The van der Waals surface area contributed by atoms with E-state index >= 15 is 0 Å². The molecule has 1 fully saturated rings. The predicted molar refractivity (Wildman–Crippen MR) is 116 cm³/mol. The van der Waals surface area contributed by atoms with Crippen LogP contribution in [0.5, 0.6) is 0 Å². The van der Waals surface area contributed by atoms with Crippen molar-refractivity contribution in [2.45, 2.75) is 19.5 Å². The van der Waals surface area contributed by atoms with Gasteiger partial charge in [0.1, 0.15) is 29.3 Å². The summed E-state index contributed by atoms with van der Waals surface area (Å²) in [6.07, 6.45) is 5.09. The highest BCUT2D eigenvalue weighted by atomic mass is 35.5. The average molecular weight is 458 g/mol. The van der Waals surface area contributed by atoms with Gasteiger partial charge in [-0.05, 0) is 37.6 Å². The van der Waals surface area contributed by atoms with E-state index in [0.717, 1.165) is 0 Å². The average Bonchev–Trinajstić information content (AvgIpc) is 2.99. The molecule has 1 aliphatic heterocycles.